The Kier molecular flexibility index (Phi) is 8.29. The molecule has 7 heteroatoms. The molecule has 2 amide bonds. The first-order chi connectivity index (χ1) is 15.0. The average Bonchev–Trinajstić information content (AvgIpc) is 2.78. The van der Waals surface area contributed by atoms with Crippen LogP contribution in [0.25, 0.3) is 0 Å². The van der Waals surface area contributed by atoms with Crippen LogP contribution in [0.5, 0.6) is 0 Å². The molecule has 1 heterocycles. The fourth-order valence-corrected chi connectivity index (χ4v) is 3.70. The van der Waals surface area contributed by atoms with Crippen molar-refractivity contribution in [2.24, 2.45) is 0 Å². The number of benzene rings is 2. The van der Waals surface area contributed by atoms with Crippen molar-refractivity contribution < 1.29 is 9.59 Å². The molecule has 0 saturated carbocycles. The van der Waals surface area contributed by atoms with Crippen molar-refractivity contribution in [2.45, 2.75) is 25.7 Å². The topological polar surface area (TPSA) is 90.7 Å². The fraction of sp³-hybridized carbons (Fsp3) is 0.417. The van der Waals surface area contributed by atoms with Gasteiger partial charge in [0.1, 0.15) is 0 Å². The molecule has 1 saturated heterocycles. The van der Waals surface area contributed by atoms with Gasteiger partial charge in [0.05, 0.1) is 16.9 Å². The summed E-state index contributed by atoms with van der Waals surface area (Å²) in [7, 11) is 2.12. The number of carbonyl (C=O) groups excluding carboxylic acids is 2. The number of nitrogens with two attached hydrogens (primary N) is 1. The summed E-state index contributed by atoms with van der Waals surface area (Å²) in [6, 6.07) is 15.0. The first-order valence-electron chi connectivity index (χ1n) is 11.0. The predicted molar refractivity (Wildman–Crippen MR) is 126 cm³/mol. The van der Waals surface area contributed by atoms with Crippen LogP contribution in [0.3, 0.4) is 0 Å². The Hall–Kier alpha value is -3.06. The quantitative estimate of drug-likeness (QED) is 0.426. The van der Waals surface area contributed by atoms with Crippen molar-refractivity contribution in [1.82, 2.24) is 10.2 Å². The first-order valence-corrected chi connectivity index (χ1v) is 11.0. The summed E-state index contributed by atoms with van der Waals surface area (Å²) in [4.78, 5) is 29.4. The normalized spacial score (nSPS) is 14.3. The van der Waals surface area contributed by atoms with Crippen LogP contribution in [-0.4, -0.2) is 56.5 Å². The largest absolute Gasteiger partial charge is 0.397 e. The Balaban J connectivity index is 1.37. The molecule has 0 radical (unpaired) electrons. The number of nitrogens with zero attached hydrogens (tertiary/aromatic N) is 2. The number of hydrogen-bond donors (Lipinski definition) is 3. The number of piperazine rings is 1. The van der Waals surface area contributed by atoms with Gasteiger partial charge < -0.3 is 26.2 Å². The average molecular weight is 424 g/mol. The minimum atomic E-state index is -0.0389. The number of carbonyl (C=O) groups is 2. The van der Waals surface area contributed by atoms with E-state index in [9.17, 15) is 9.59 Å². The molecule has 3 rings (SSSR count). The van der Waals surface area contributed by atoms with E-state index in [1.807, 2.05) is 36.4 Å². The molecule has 0 spiro atoms. The van der Waals surface area contributed by atoms with E-state index in [0.29, 0.717) is 24.3 Å². The lowest BCUT2D eigenvalue weighted by Gasteiger charge is -2.35. The summed E-state index contributed by atoms with van der Waals surface area (Å²) in [6.45, 7) is 4.46. The Morgan fingerprint density at radius 2 is 1.65 bits per heavy atom. The van der Waals surface area contributed by atoms with Crippen LogP contribution in [0.1, 0.15) is 36.0 Å². The Bertz CT molecular complexity index is 878. The second-order valence-electron chi connectivity index (χ2n) is 8.01. The van der Waals surface area contributed by atoms with Crippen molar-refractivity contribution in [3.05, 3.63) is 54.1 Å². The molecular weight excluding hydrogens is 390 g/mol. The molecule has 0 aliphatic carbocycles. The SMILES string of the molecule is CN1CCN(c2ccccc2C(=O)NCCCCCC(=O)Nc2ccccc2N)CC1. The highest BCUT2D eigenvalue weighted by Crippen LogP contribution is 2.22. The van der Waals surface area contributed by atoms with Crippen molar-refractivity contribution in [3.63, 3.8) is 0 Å². The molecule has 166 valence electrons. The van der Waals surface area contributed by atoms with Crippen LogP contribution in [0, 0.1) is 0 Å². The van der Waals surface area contributed by atoms with E-state index in [1.54, 1.807) is 12.1 Å². The summed E-state index contributed by atoms with van der Waals surface area (Å²) in [5.74, 6) is -0.0742. The van der Waals surface area contributed by atoms with E-state index < -0.39 is 0 Å². The summed E-state index contributed by atoms with van der Waals surface area (Å²) in [6.07, 6.45) is 2.92. The molecule has 1 aliphatic heterocycles. The Morgan fingerprint density at radius 3 is 2.42 bits per heavy atom. The first kappa shape index (κ1) is 22.6. The lowest BCUT2D eigenvalue weighted by atomic mass is 10.1. The van der Waals surface area contributed by atoms with Crippen molar-refractivity contribution in [3.8, 4) is 0 Å². The van der Waals surface area contributed by atoms with Crippen molar-refractivity contribution in [1.29, 1.82) is 0 Å². The van der Waals surface area contributed by atoms with Gasteiger partial charge in [-0.2, -0.15) is 0 Å². The van der Waals surface area contributed by atoms with Crippen LogP contribution < -0.4 is 21.3 Å². The highest BCUT2D eigenvalue weighted by molar-refractivity contribution is 5.99. The van der Waals surface area contributed by atoms with Gasteiger partial charge in [-0.25, -0.2) is 0 Å². The number of para-hydroxylation sites is 3. The number of nitrogens with one attached hydrogen (secondary N) is 2. The van der Waals surface area contributed by atoms with Gasteiger partial charge in [-0.3, -0.25) is 9.59 Å². The van der Waals surface area contributed by atoms with E-state index in [-0.39, 0.29) is 11.8 Å². The molecular formula is C24H33N5O2. The molecule has 31 heavy (non-hydrogen) atoms. The number of rotatable bonds is 9. The third kappa shape index (κ3) is 6.72. The van der Waals surface area contributed by atoms with Gasteiger partial charge in [0.15, 0.2) is 0 Å². The summed E-state index contributed by atoms with van der Waals surface area (Å²) < 4.78 is 0. The summed E-state index contributed by atoms with van der Waals surface area (Å²) in [5, 5.41) is 5.87. The van der Waals surface area contributed by atoms with Crippen molar-refractivity contribution in [2.75, 3.05) is 55.7 Å². The second kappa shape index (κ2) is 11.4. The number of hydrogen-bond acceptors (Lipinski definition) is 5. The molecule has 2 aromatic carbocycles. The van der Waals surface area contributed by atoms with Gasteiger partial charge in [0.25, 0.3) is 5.91 Å². The minimum absolute atomic E-state index is 0.0353. The maximum atomic E-state index is 12.7. The lowest BCUT2D eigenvalue weighted by molar-refractivity contribution is -0.116. The molecule has 4 N–H and O–H groups in total. The minimum Gasteiger partial charge on any atom is -0.397 e. The molecule has 1 fully saturated rings. The number of likely N-dealkylation sites (N-methyl/N-ethyl adjacent to an activating group) is 1. The zero-order chi connectivity index (χ0) is 22.1. The number of nitrogen functional groups attached to an aromatic ring is 1. The molecule has 0 aromatic heterocycles. The molecule has 2 aromatic rings. The maximum Gasteiger partial charge on any atom is 0.253 e. The van der Waals surface area contributed by atoms with Crippen LogP contribution in [0.15, 0.2) is 48.5 Å². The van der Waals surface area contributed by atoms with Crippen LogP contribution in [-0.2, 0) is 4.79 Å². The maximum absolute atomic E-state index is 12.7. The molecule has 1 aliphatic rings. The Morgan fingerprint density at radius 1 is 0.935 bits per heavy atom. The monoisotopic (exact) mass is 423 g/mol. The summed E-state index contributed by atoms with van der Waals surface area (Å²) in [5.41, 5.74) is 8.79. The predicted octanol–water partition coefficient (Wildman–Crippen LogP) is 2.95. The van der Waals surface area contributed by atoms with Crippen LogP contribution >= 0.6 is 0 Å². The zero-order valence-corrected chi connectivity index (χ0v) is 18.3. The number of unbranched alkanes of at least 4 members (excludes halogenated alkanes) is 2. The van der Waals surface area contributed by atoms with Crippen molar-refractivity contribution >= 4 is 28.9 Å². The number of amides is 2. The van der Waals surface area contributed by atoms with Gasteiger partial charge in [0.2, 0.25) is 5.91 Å². The van der Waals surface area contributed by atoms with E-state index in [1.165, 1.54) is 0 Å². The third-order valence-electron chi connectivity index (χ3n) is 5.59. The fourth-order valence-electron chi connectivity index (χ4n) is 3.70. The second-order valence-corrected chi connectivity index (χ2v) is 8.01. The van der Waals surface area contributed by atoms with Gasteiger partial charge in [0, 0.05) is 44.8 Å². The number of anilines is 3. The van der Waals surface area contributed by atoms with E-state index in [4.69, 9.17) is 5.73 Å². The summed E-state index contributed by atoms with van der Waals surface area (Å²) >= 11 is 0. The van der Waals surface area contributed by atoms with E-state index in [2.05, 4.69) is 27.5 Å². The van der Waals surface area contributed by atoms with Crippen LogP contribution in [0.2, 0.25) is 0 Å². The smallest absolute Gasteiger partial charge is 0.253 e. The zero-order valence-electron chi connectivity index (χ0n) is 18.3. The highest BCUT2D eigenvalue weighted by atomic mass is 16.2. The van der Waals surface area contributed by atoms with Gasteiger partial charge in [-0.1, -0.05) is 30.7 Å². The standard InChI is InChI=1S/C24H33N5O2/c1-28-15-17-29(18-16-28)22-12-7-4-9-19(22)24(31)26-14-8-2-3-13-23(30)27-21-11-6-5-10-20(21)25/h4-7,9-12H,2-3,8,13-18,25H2,1H3,(H,26,31)(H,27,30). The lowest BCUT2D eigenvalue weighted by Crippen LogP contribution is -2.45. The molecule has 7 nitrogen and oxygen atoms in total. The highest BCUT2D eigenvalue weighted by Gasteiger charge is 2.19. The van der Waals surface area contributed by atoms with Crippen LogP contribution in [0.4, 0.5) is 17.1 Å². The van der Waals surface area contributed by atoms with Gasteiger partial charge in [-0.15, -0.1) is 0 Å². The van der Waals surface area contributed by atoms with Gasteiger partial charge >= 0.3 is 0 Å². The third-order valence-corrected chi connectivity index (χ3v) is 5.59. The van der Waals surface area contributed by atoms with Gasteiger partial charge in [-0.05, 0) is 44.2 Å². The Labute approximate surface area is 184 Å². The molecule has 0 bridgehead atoms. The molecule has 0 atom stereocenters. The van der Waals surface area contributed by atoms with E-state index in [0.717, 1.165) is 56.7 Å². The van der Waals surface area contributed by atoms with E-state index >= 15 is 0 Å². The molecule has 0 unspecified atom stereocenters.